The number of pyridine rings is 1. The van der Waals surface area contributed by atoms with Gasteiger partial charge in [-0.2, -0.15) is 4.98 Å². The van der Waals surface area contributed by atoms with Gasteiger partial charge in [0.2, 0.25) is 5.95 Å². The van der Waals surface area contributed by atoms with Gasteiger partial charge in [-0.25, -0.2) is 4.98 Å². The van der Waals surface area contributed by atoms with Crippen LogP contribution in [0.3, 0.4) is 0 Å². The Labute approximate surface area is 160 Å². The quantitative estimate of drug-likeness (QED) is 0.504. The standard InChI is InChI=1S/C19H20BrN5O/c1-13-10-15(5-6-16(13)20)23-18-11-17(14-4-2-7-21-12-14)24-19(25-18)22-8-3-9-26/h2,4-7,10-12,26H,3,8-9H2,1H3,(H2,22,23,24,25). The van der Waals surface area contributed by atoms with Crippen LogP contribution in [0.15, 0.2) is 53.3 Å². The van der Waals surface area contributed by atoms with E-state index in [0.29, 0.717) is 24.7 Å². The van der Waals surface area contributed by atoms with Gasteiger partial charge in [-0.15, -0.1) is 0 Å². The van der Waals surface area contributed by atoms with Gasteiger partial charge in [-0.1, -0.05) is 15.9 Å². The van der Waals surface area contributed by atoms with Crippen molar-refractivity contribution in [2.75, 3.05) is 23.8 Å². The second kappa shape index (κ2) is 8.73. The van der Waals surface area contributed by atoms with Crippen molar-refractivity contribution in [3.05, 3.63) is 58.8 Å². The van der Waals surface area contributed by atoms with Crippen LogP contribution in [0, 0.1) is 6.92 Å². The zero-order chi connectivity index (χ0) is 18.4. The first-order valence-corrected chi connectivity index (χ1v) is 9.12. The molecule has 1 aromatic carbocycles. The van der Waals surface area contributed by atoms with Crippen molar-refractivity contribution >= 4 is 33.4 Å². The number of benzene rings is 1. The summed E-state index contributed by atoms with van der Waals surface area (Å²) in [5.74, 6) is 1.20. The van der Waals surface area contributed by atoms with Crippen LogP contribution in [-0.4, -0.2) is 33.2 Å². The van der Waals surface area contributed by atoms with Crippen LogP contribution in [-0.2, 0) is 0 Å². The summed E-state index contributed by atoms with van der Waals surface area (Å²) < 4.78 is 1.06. The zero-order valence-corrected chi connectivity index (χ0v) is 16.0. The Morgan fingerprint density at radius 1 is 1.15 bits per heavy atom. The largest absolute Gasteiger partial charge is 0.396 e. The van der Waals surface area contributed by atoms with Gasteiger partial charge in [0.1, 0.15) is 5.82 Å². The molecule has 134 valence electrons. The molecular weight excluding hydrogens is 394 g/mol. The predicted molar refractivity (Wildman–Crippen MR) is 108 cm³/mol. The van der Waals surface area contributed by atoms with Crippen LogP contribution < -0.4 is 10.6 Å². The van der Waals surface area contributed by atoms with Crippen molar-refractivity contribution in [3.63, 3.8) is 0 Å². The molecule has 0 saturated heterocycles. The molecule has 0 aliphatic carbocycles. The van der Waals surface area contributed by atoms with Crippen LogP contribution in [0.2, 0.25) is 0 Å². The molecule has 0 amide bonds. The normalized spacial score (nSPS) is 10.6. The highest BCUT2D eigenvalue weighted by Gasteiger charge is 2.08. The summed E-state index contributed by atoms with van der Waals surface area (Å²) in [4.78, 5) is 13.3. The van der Waals surface area contributed by atoms with Crippen LogP contribution in [0.5, 0.6) is 0 Å². The van der Waals surface area contributed by atoms with E-state index < -0.39 is 0 Å². The molecule has 0 unspecified atom stereocenters. The maximum atomic E-state index is 8.97. The molecule has 0 bridgehead atoms. The van der Waals surface area contributed by atoms with E-state index in [1.165, 1.54) is 0 Å². The summed E-state index contributed by atoms with van der Waals surface area (Å²) in [7, 11) is 0. The van der Waals surface area contributed by atoms with E-state index in [2.05, 4.69) is 47.6 Å². The van der Waals surface area contributed by atoms with Crippen LogP contribution >= 0.6 is 15.9 Å². The average molecular weight is 414 g/mol. The van der Waals surface area contributed by atoms with Gasteiger partial charge >= 0.3 is 0 Å². The number of halogens is 1. The monoisotopic (exact) mass is 413 g/mol. The molecule has 2 heterocycles. The van der Waals surface area contributed by atoms with E-state index in [1.807, 2.05) is 37.3 Å². The number of anilines is 3. The van der Waals surface area contributed by atoms with E-state index in [4.69, 9.17) is 5.11 Å². The third-order valence-electron chi connectivity index (χ3n) is 3.73. The Kier molecular flexibility index (Phi) is 6.14. The Morgan fingerprint density at radius 2 is 2.04 bits per heavy atom. The van der Waals surface area contributed by atoms with Gasteiger partial charge < -0.3 is 15.7 Å². The van der Waals surface area contributed by atoms with Crippen LogP contribution in [0.4, 0.5) is 17.5 Å². The van der Waals surface area contributed by atoms with Gasteiger partial charge in [0, 0.05) is 47.3 Å². The summed E-state index contributed by atoms with van der Waals surface area (Å²) in [6.45, 7) is 2.76. The molecule has 0 saturated carbocycles. The number of aryl methyl sites for hydroxylation is 1. The first-order chi connectivity index (χ1) is 12.7. The fraction of sp³-hybridized carbons (Fsp3) is 0.211. The summed E-state index contributed by atoms with van der Waals surface area (Å²) in [6.07, 6.45) is 4.14. The molecule has 3 rings (SSSR count). The van der Waals surface area contributed by atoms with Gasteiger partial charge in [0.05, 0.1) is 5.69 Å². The Bertz CT molecular complexity index is 873. The number of aliphatic hydroxyl groups excluding tert-OH is 1. The minimum Gasteiger partial charge on any atom is -0.396 e. The van der Waals surface area contributed by atoms with E-state index in [-0.39, 0.29) is 6.61 Å². The second-order valence-electron chi connectivity index (χ2n) is 5.80. The molecule has 3 aromatic rings. The highest BCUT2D eigenvalue weighted by atomic mass is 79.9. The van der Waals surface area contributed by atoms with Crippen LogP contribution in [0.1, 0.15) is 12.0 Å². The molecular formula is C19H20BrN5O. The van der Waals surface area contributed by atoms with Crippen molar-refractivity contribution in [2.45, 2.75) is 13.3 Å². The summed E-state index contributed by atoms with van der Waals surface area (Å²) in [5, 5.41) is 15.5. The second-order valence-corrected chi connectivity index (χ2v) is 6.65. The fourth-order valence-electron chi connectivity index (χ4n) is 2.40. The highest BCUT2D eigenvalue weighted by molar-refractivity contribution is 9.10. The molecule has 2 aromatic heterocycles. The first-order valence-electron chi connectivity index (χ1n) is 8.33. The lowest BCUT2D eigenvalue weighted by molar-refractivity contribution is 0.292. The Morgan fingerprint density at radius 3 is 2.77 bits per heavy atom. The molecule has 0 radical (unpaired) electrons. The van der Waals surface area contributed by atoms with Gasteiger partial charge in [-0.3, -0.25) is 4.98 Å². The molecule has 26 heavy (non-hydrogen) atoms. The lowest BCUT2D eigenvalue weighted by Gasteiger charge is -2.12. The van der Waals surface area contributed by atoms with Crippen molar-refractivity contribution in [1.29, 1.82) is 0 Å². The zero-order valence-electron chi connectivity index (χ0n) is 14.4. The molecule has 3 N–H and O–H groups in total. The minimum atomic E-state index is 0.124. The number of hydrogen-bond acceptors (Lipinski definition) is 6. The maximum Gasteiger partial charge on any atom is 0.225 e. The van der Waals surface area contributed by atoms with Crippen LogP contribution in [0.25, 0.3) is 11.3 Å². The van der Waals surface area contributed by atoms with E-state index in [9.17, 15) is 0 Å². The number of aromatic nitrogens is 3. The number of hydrogen-bond donors (Lipinski definition) is 3. The van der Waals surface area contributed by atoms with Crippen molar-refractivity contribution in [3.8, 4) is 11.3 Å². The van der Waals surface area contributed by atoms with E-state index >= 15 is 0 Å². The molecule has 0 aliphatic heterocycles. The summed E-state index contributed by atoms with van der Waals surface area (Å²) in [6, 6.07) is 11.8. The first kappa shape index (κ1) is 18.3. The van der Waals surface area contributed by atoms with Crippen molar-refractivity contribution in [2.24, 2.45) is 0 Å². The average Bonchev–Trinajstić information content (AvgIpc) is 2.66. The summed E-state index contributed by atoms with van der Waals surface area (Å²) in [5.41, 5.74) is 3.77. The Hall–Kier alpha value is -2.51. The SMILES string of the molecule is Cc1cc(Nc2cc(-c3cccnc3)nc(NCCCO)n2)ccc1Br. The van der Waals surface area contributed by atoms with E-state index in [0.717, 1.165) is 27.0 Å². The molecule has 0 atom stereocenters. The van der Waals surface area contributed by atoms with Crippen molar-refractivity contribution < 1.29 is 5.11 Å². The van der Waals surface area contributed by atoms with Crippen molar-refractivity contribution in [1.82, 2.24) is 15.0 Å². The summed E-state index contributed by atoms with van der Waals surface area (Å²) >= 11 is 3.51. The molecule has 0 aliphatic rings. The molecule has 6 nitrogen and oxygen atoms in total. The smallest absolute Gasteiger partial charge is 0.225 e. The van der Waals surface area contributed by atoms with Gasteiger partial charge in [0.15, 0.2) is 0 Å². The van der Waals surface area contributed by atoms with E-state index in [1.54, 1.807) is 12.4 Å². The van der Waals surface area contributed by atoms with Gasteiger partial charge in [0.25, 0.3) is 0 Å². The minimum absolute atomic E-state index is 0.124. The third-order valence-corrected chi connectivity index (χ3v) is 4.62. The topological polar surface area (TPSA) is 83.0 Å². The predicted octanol–water partition coefficient (Wildman–Crippen LogP) is 4.15. The Balaban J connectivity index is 1.91. The number of aliphatic hydroxyl groups is 1. The van der Waals surface area contributed by atoms with Gasteiger partial charge in [-0.05, 0) is 49.2 Å². The number of nitrogens with one attached hydrogen (secondary N) is 2. The third kappa shape index (κ3) is 4.77. The lowest BCUT2D eigenvalue weighted by Crippen LogP contribution is -2.08. The maximum absolute atomic E-state index is 8.97. The number of rotatable bonds is 7. The lowest BCUT2D eigenvalue weighted by atomic mass is 10.2. The highest BCUT2D eigenvalue weighted by Crippen LogP contribution is 2.25. The molecule has 0 fully saturated rings. The fourth-order valence-corrected chi connectivity index (χ4v) is 2.65. The number of nitrogens with zero attached hydrogens (tertiary/aromatic N) is 3. The molecule has 7 heteroatoms. The molecule has 0 spiro atoms.